The molecule has 3 aromatic heterocycles. The van der Waals surface area contributed by atoms with Crippen molar-refractivity contribution in [1.29, 1.82) is 0 Å². The number of aromatic amines is 1. The topological polar surface area (TPSA) is 145 Å². The Morgan fingerprint density at radius 1 is 1.10 bits per heavy atom. The number of halogens is 2. The fourth-order valence-corrected chi connectivity index (χ4v) is 4.77. The number of ether oxygens (including phenoxy) is 1. The summed E-state index contributed by atoms with van der Waals surface area (Å²) in [5.74, 6) is -1.58. The van der Waals surface area contributed by atoms with Crippen LogP contribution in [-0.4, -0.2) is 40.2 Å². The number of pyridine rings is 1. The number of carbonyl (C=O) groups is 1. The van der Waals surface area contributed by atoms with Gasteiger partial charge in [-0.1, -0.05) is 12.1 Å². The lowest BCUT2D eigenvalue weighted by Crippen LogP contribution is -2.10. The SMILES string of the molecule is Cc1cc(Oc2ccccc2F)nc(C)c1-n1ncc(C(=O)c2cc3cc(F)c(NS(C)(=O)=O)cc3[nH]2)c1N. The van der Waals surface area contributed by atoms with Crippen LogP contribution in [0, 0.1) is 25.5 Å². The number of nitrogens with zero attached hydrogens (tertiary/aromatic N) is 3. The van der Waals surface area contributed by atoms with E-state index in [4.69, 9.17) is 10.5 Å². The van der Waals surface area contributed by atoms with Gasteiger partial charge in [-0.05, 0) is 49.7 Å². The number of fused-ring (bicyclic) bond motifs is 1. The molecular formula is C26H22F2N6O4S. The van der Waals surface area contributed by atoms with Gasteiger partial charge in [0.2, 0.25) is 21.7 Å². The van der Waals surface area contributed by atoms with Gasteiger partial charge in [0.1, 0.15) is 11.6 Å². The second-order valence-electron chi connectivity index (χ2n) is 8.90. The zero-order chi connectivity index (χ0) is 28.1. The quantitative estimate of drug-likeness (QED) is 0.250. The summed E-state index contributed by atoms with van der Waals surface area (Å²) in [4.78, 5) is 20.6. The first kappa shape index (κ1) is 25.9. The molecule has 0 aliphatic carbocycles. The summed E-state index contributed by atoms with van der Waals surface area (Å²) in [7, 11) is -3.71. The Morgan fingerprint density at radius 3 is 2.54 bits per heavy atom. The van der Waals surface area contributed by atoms with E-state index < -0.39 is 27.4 Å². The van der Waals surface area contributed by atoms with Crippen molar-refractivity contribution in [3.63, 3.8) is 0 Å². The molecule has 0 aliphatic rings. The van der Waals surface area contributed by atoms with Crippen LogP contribution in [0.2, 0.25) is 0 Å². The Bertz CT molecular complexity index is 1860. The van der Waals surface area contributed by atoms with Crippen LogP contribution < -0.4 is 15.2 Å². The van der Waals surface area contributed by atoms with Crippen LogP contribution in [0.15, 0.2) is 54.7 Å². The number of sulfonamides is 1. The number of anilines is 2. The smallest absolute Gasteiger partial charge is 0.229 e. The monoisotopic (exact) mass is 552 g/mol. The minimum absolute atomic E-state index is 0.0282. The number of nitrogen functional groups attached to an aromatic ring is 1. The van der Waals surface area contributed by atoms with Crippen molar-refractivity contribution in [3.8, 4) is 17.3 Å². The molecule has 39 heavy (non-hydrogen) atoms. The average molecular weight is 553 g/mol. The van der Waals surface area contributed by atoms with Crippen molar-refractivity contribution < 1.29 is 26.7 Å². The maximum atomic E-state index is 14.4. The van der Waals surface area contributed by atoms with Crippen molar-refractivity contribution in [2.24, 2.45) is 0 Å². The fourth-order valence-electron chi connectivity index (χ4n) is 4.21. The molecule has 4 N–H and O–H groups in total. The van der Waals surface area contributed by atoms with Crippen LogP contribution in [0.3, 0.4) is 0 Å². The van der Waals surface area contributed by atoms with Gasteiger partial charge < -0.3 is 15.5 Å². The highest BCUT2D eigenvalue weighted by molar-refractivity contribution is 7.92. The summed E-state index contributed by atoms with van der Waals surface area (Å²) in [5, 5.41) is 4.65. The number of rotatable bonds is 7. The van der Waals surface area contributed by atoms with E-state index in [1.165, 1.54) is 35.1 Å². The number of H-pyrrole nitrogens is 1. The number of para-hydroxylation sites is 1. The molecule has 0 bridgehead atoms. The molecule has 0 amide bonds. The van der Waals surface area contributed by atoms with Gasteiger partial charge in [0, 0.05) is 17.0 Å². The van der Waals surface area contributed by atoms with Crippen molar-refractivity contribution in [2.45, 2.75) is 13.8 Å². The number of benzene rings is 2. The number of aryl methyl sites for hydroxylation is 2. The minimum Gasteiger partial charge on any atom is -0.436 e. The average Bonchev–Trinajstić information content (AvgIpc) is 3.42. The third-order valence-electron chi connectivity index (χ3n) is 5.90. The molecule has 2 aromatic carbocycles. The Morgan fingerprint density at radius 2 is 1.85 bits per heavy atom. The van der Waals surface area contributed by atoms with Crippen LogP contribution >= 0.6 is 0 Å². The first-order valence-electron chi connectivity index (χ1n) is 11.5. The third kappa shape index (κ3) is 5.03. The van der Waals surface area contributed by atoms with E-state index in [0.29, 0.717) is 27.8 Å². The number of nitrogens with one attached hydrogen (secondary N) is 2. The number of hydrogen-bond donors (Lipinski definition) is 3. The van der Waals surface area contributed by atoms with Crippen molar-refractivity contribution in [1.82, 2.24) is 19.7 Å². The maximum absolute atomic E-state index is 14.4. The molecular weight excluding hydrogens is 530 g/mol. The standard InChI is InChI=1S/C26H22F2N6O4S/c1-13-8-23(38-22-7-5-4-6-17(22)27)31-14(2)24(13)34-26(29)16(12-30-34)25(35)21-10-15-9-18(28)20(11-19(15)32-21)33-39(3,36)37/h4-12,32-33H,29H2,1-3H3. The van der Waals surface area contributed by atoms with Crippen molar-refractivity contribution in [3.05, 3.63) is 88.9 Å². The predicted octanol–water partition coefficient (Wildman–Crippen LogP) is 4.62. The number of carbonyl (C=O) groups excluding carboxylic acids is 1. The Hall–Kier alpha value is -4.78. The van der Waals surface area contributed by atoms with Gasteiger partial charge in [0.15, 0.2) is 11.6 Å². The van der Waals surface area contributed by atoms with Gasteiger partial charge in [0.05, 0.1) is 40.8 Å². The van der Waals surface area contributed by atoms with Crippen LogP contribution in [0.25, 0.3) is 16.6 Å². The predicted molar refractivity (Wildman–Crippen MR) is 142 cm³/mol. The van der Waals surface area contributed by atoms with Crippen LogP contribution in [0.1, 0.15) is 27.3 Å². The van der Waals surface area contributed by atoms with E-state index in [9.17, 15) is 22.0 Å². The lowest BCUT2D eigenvalue weighted by atomic mass is 10.1. The first-order chi connectivity index (χ1) is 18.4. The highest BCUT2D eigenvalue weighted by Crippen LogP contribution is 2.30. The molecule has 0 atom stereocenters. The van der Waals surface area contributed by atoms with Gasteiger partial charge in [-0.25, -0.2) is 26.9 Å². The van der Waals surface area contributed by atoms with E-state index in [1.807, 2.05) is 0 Å². The van der Waals surface area contributed by atoms with Crippen molar-refractivity contribution >= 4 is 38.2 Å². The molecule has 0 saturated heterocycles. The van der Waals surface area contributed by atoms with E-state index >= 15 is 0 Å². The second-order valence-corrected chi connectivity index (χ2v) is 10.7. The number of hydrogen-bond acceptors (Lipinski definition) is 7. The fraction of sp³-hybridized carbons (Fsp3) is 0.115. The molecule has 0 radical (unpaired) electrons. The van der Waals surface area contributed by atoms with Gasteiger partial charge >= 0.3 is 0 Å². The molecule has 10 nitrogen and oxygen atoms in total. The van der Waals surface area contributed by atoms with Gasteiger partial charge in [-0.3, -0.25) is 9.52 Å². The van der Waals surface area contributed by atoms with Crippen LogP contribution in [-0.2, 0) is 10.0 Å². The van der Waals surface area contributed by atoms with E-state index in [1.54, 1.807) is 32.0 Å². The largest absolute Gasteiger partial charge is 0.436 e. The van der Waals surface area contributed by atoms with Gasteiger partial charge in [-0.15, -0.1) is 0 Å². The minimum atomic E-state index is -3.71. The zero-order valence-corrected chi connectivity index (χ0v) is 21.7. The second kappa shape index (κ2) is 9.51. The molecule has 0 unspecified atom stereocenters. The van der Waals surface area contributed by atoms with E-state index in [0.717, 1.165) is 12.3 Å². The molecule has 0 spiro atoms. The molecule has 200 valence electrons. The zero-order valence-electron chi connectivity index (χ0n) is 20.9. The summed E-state index contributed by atoms with van der Waals surface area (Å²) in [6, 6.07) is 11.4. The Balaban J connectivity index is 1.46. The van der Waals surface area contributed by atoms with Crippen LogP contribution in [0.4, 0.5) is 20.3 Å². The molecule has 0 saturated carbocycles. The number of ketones is 1. The molecule has 13 heteroatoms. The molecule has 0 fully saturated rings. The summed E-state index contributed by atoms with van der Waals surface area (Å²) < 4.78 is 60.5. The molecule has 5 rings (SSSR count). The molecule has 3 heterocycles. The number of nitrogens with two attached hydrogens (primary N) is 1. The van der Waals surface area contributed by atoms with E-state index in [-0.39, 0.29) is 34.4 Å². The highest BCUT2D eigenvalue weighted by Gasteiger charge is 2.22. The highest BCUT2D eigenvalue weighted by atomic mass is 32.2. The van der Waals surface area contributed by atoms with Gasteiger partial charge in [0.25, 0.3) is 0 Å². The summed E-state index contributed by atoms with van der Waals surface area (Å²) in [5.41, 5.74) is 8.26. The van der Waals surface area contributed by atoms with Gasteiger partial charge in [-0.2, -0.15) is 5.10 Å². The lowest BCUT2D eigenvalue weighted by Gasteiger charge is -2.14. The summed E-state index contributed by atoms with van der Waals surface area (Å²) >= 11 is 0. The summed E-state index contributed by atoms with van der Waals surface area (Å²) in [6.45, 7) is 3.47. The van der Waals surface area contributed by atoms with Crippen LogP contribution in [0.5, 0.6) is 11.6 Å². The first-order valence-corrected chi connectivity index (χ1v) is 13.4. The Labute approximate surface area is 221 Å². The Kier molecular flexibility index (Phi) is 6.30. The third-order valence-corrected chi connectivity index (χ3v) is 6.49. The van der Waals surface area contributed by atoms with Crippen molar-refractivity contribution in [2.75, 3.05) is 16.7 Å². The molecule has 0 aliphatic heterocycles. The lowest BCUT2D eigenvalue weighted by molar-refractivity contribution is 0.103. The normalized spacial score (nSPS) is 11.6. The summed E-state index contributed by atoms with van der Waals surface area (Å²) in [6.07, 6.45) is 2.21. The maximum Gasteiger partial charge on any atom is 0.229 e. The molecule has 5 aromatic rings. The van der Waals surface area contributed by atoms with E-state index in [2.05, 4.69) is 19.8 Å². The number of aromatic nitrogens is 4.